The monoisotopic (exact) mass is 424 g/mol. The smallest absolute Gasteiger partial charge is 0.206 e. The highest BCUT2D eigenvalue weighted by Crippen LogP contribution is 2.36. The van der Waals surface area contributed by atoms with Gasteiger partial charge in [-0.05, 0) is 66.5 Å². The molecule has 0 aromatic heterocycles. The molecule has 0 bridgehead atoms. The number of hydrogen-bond donors (Lipinski definition) is 0. The molecule has 0 atom stereocenters. The van der Waals surface area contributed by atoms with Gasteiger partial charge in [-0.3, -0.25) is 0 Å². The van der Waals surface area contributed by atoms with Crippen LogP contribution in [-0.2, 0) is 12.6 Å². The van der Waals surface area contributed by atoms with Gasteiger partial charge in [0.1, 0.15) is 11.6 Å². The van der Waals surface area contributed by atoms with Gasteiger partial charge >= 0.3 is 6.18 Å². The van der Waals surface area contributed by atoms with E-state index < -0.39 is 23.4 Å². The van der Waals surface area contributed by atoms with Crippen molar-refractivity contribution < 1.29 is 22.0 Å². The summed E-state index contributed by atoms with van der Waals surface area (Å²) >= 11 is 0. The van der Waals surface area contributed by atoms with E-state index in [9.17, 15) is 22.0 Å². The molecule has 1 saturated carbocycles. The van der Waals surface area contributed by atoms with Crippen LogP contribution in [0.25, 0.3) is 11.1 Å². The molecule has 0 nitrogen and oxygen atoms in total. The van der Waals surface area contributed by atoms with Crippen LogP contribution in [0.2, 0.25) is 0 Å². The Bertz CT molecular complexity index is 791. The summed E-state index contributed by atoms with van der Waals surface area (Å²) in [7, 11) is 0. The quantitative estimate of drug-likeness (QED) is 0.308. The molecular weight excluding hydrogens is 395 g/mol. The minimum absolute atomic E-state index is 0.108. The summed E-state index contributed by atoms with van der Waals surface area (Å²) in [4.78, 5) is 0. The van der Waals surface area contributed by atoms with E-state index in [0.29, 0.717) is 17.9 Å². The maximum atomic E-state index is 14.7. The molecule has 2 aromatic carbocycles. The molecule has 30 heavy (non-hydrogen) atoms. The van der Waals surface area contributed by atoms with E-state index in [-0.39, 0.29) is 11.1 Å². The van der Waals surface area contributed by atoms with Crippen molar-refractivity contribution >= 4 is 0 Å². The number of rotatable bonds is 7. The minimum atomic E-state index is -4.48. The van der Waals surface area contributed by atoms with Gasteiger partial charge in [-0.15, -0.1) is 0 Å². The van der Waals surface area contributed by atoms with Crippen molar-refractivity contribution in [3.63, 3.8) is 0 Å². The fourth-order valence-electron chi connectivity index (χ4n) is 4.59. The Morgan fingerprint density at radius 2 is 1.40 bits per heavy atom. The zero-order chi connectivity index (χ0) is 21.7. The Hall–Kier alpha value is -1.91. The Labute approximate surface area is 175 Å². The van der Waals surface area contributed by atoms with Crippen LogP contribution in [-0.4, -0.2) is 0 Å². The molecule has 0 aliphatic heterocycles. The molecule has 0 spiro atoms. The van der Waals surface area contributed by atoms with E-state index in [0.717, 1.165) is 43.0 Å². The highest BCUT2D eigenvalue weighted by molar-refractivity contribution is 5.65. The fourth-order valence-corrected chi connectivity index (χ4v) is 4.59. The zero-order valence-corrected chi connectivity index (χ0v) is 17.4. The van der Waals surface area contributed by atoms with E-state index in [4.69, 9.17) is 0 Å². The molecule has 1 aliphatic carbocycles. The standard InChI is InChI=1S/C25H29F5/c1-2-3-4-5-17-6-8-18(9-7-17)14-19-15-22(26)24(23(27)16-19)20-10-12-21(13-11-20)25(28,29)30/h10-13,15-18H,2-9,14H2,1H3. The molecule has 1 fully saturated rings. The molecule has 0 unspecified atom stereocenters. The molecule has 3 rings (SSSR count). The normalized spacial score (nSPS) is 19.8. The summed E-state index contributed by atoms with van der Waals surface area (Å²) in [6, 6.07) is 6.60. The van der Waals surface area contributed by atoms with Gasteiger partial charge in [0.25, 0.3) is 0 Å². The van der Waals surface area contributed by atoms with Gasteiger partial charge in [0.05, 0.1) is 11.1 Å². The van der Waals surface area contributed by atoms with E-state index in [1.165, 1.54) is 50.7 Å². The number of benzene rings is 2. The predicted octanol–water partition coefficient (Wildman–Crippen LogP) is 8.58. The molecular formula is C25H29F5. The van der Waals surface area contributed by atoms with Crippen LogP contribution in [0.4, 0.5) is 22.0 Å². The first-order valence-corrected chi connectivity index (χ1v) is 10.9. The van der Waals surface area contributed by atoms with Crippen molar-refractivity contribution in [1.82, 2.24) is 0 Å². The first-order valence-electron chi connectivity index (χ1n) is 10.9. The molecule has 5 heteroatoms. The van der Waals surface area contributed by atoms with Crippen molar-refractivity contribution in [2.75, 3.05) is 0 Å². The van der Waals surface area contributed by atoms with E-state index in [2.05, 4.69) is 6.92 Å². The van der Waals surface area contributed by atoms with Crippen LogP contribution >= 0.6 is 0 Å². The molecule has 0 amide bonds. The fraction of sp³-hybridized carbons (Fsp3) is 0.520. The average Bonchev–Trinajstić information content (AvgIpc) is 2.69. The molecule has 0 radical (unpaired) electrons. The third-order valence-electron chi connectivity index (χ3n) is 6.31. The predicted molar refractivity (Wildman–Crippen MR) is 110 cm³/mol. The van der Waals surface area contributed by atoms with E-state index in [1.807, 2.05) is 0 Å². The van der Waals surface area contributed by atoms with Crippen molar-refractivity contribution in [2.45, 2.75) is 70.9 Å². The van der Waals surface area contributed by atoms with Gasteiger partial charge in [-0.1, -0.05) is 57.6 Å². The first kappa shape index (κ1) is 22.8. The Kier molecular flexibility index (Phi) is 7.54. The number of alkyl halides is 3. The summed E-state index contributed by atoms with van der Waals surface area (Å²) in [5.41, 5.74) is -0.381. The van der Waals surface area contributed by atoms with Crippen LogP contribution in [0.15, 0.2) is 36.4 Å². The lowest BCUT2D eigenvalue weighted by Gasteiger charge is -2.28. The SMILES string of the molecule is CCCCCC1CCC(Cc2cc(F)c(-c3ccc(C(F)(F)F)cc3)c(F)c2)CC1. The first-order chi connectivity index (χ1) is 14.3. The van der Waals surface area contributed by atoms with Gasteiger partial charge < -0.3 is 0 Å². The third kappa shape index (κ3) is 5.83. The summed E-state index contributed by atoms with van der Waals surface area (Å²) in [6.45, 7) is 2.21. The number of halogens is 5. The van der Waals surface area contributed by atoms with Crippen LogP contribution in [0.3, 0.4) is 0 Å². The van der Waals surface area contributed by atoms with Gasteiger partial charge in [0.15, 0.2) is 0 Å². The van der Waals surface area contributed by atoms with E-state index >= 15 is 0 Å². The number of hydrogen-bond acceptors (Lipinski definition) is 0. The summed E-state index contributed by atoms with van der Waals surface area (Å²) < 4.78 is 67.4. The third-order valence-corrected chi connectivity index (χ3v) is 6.31. The van der Waals surface area contributed by atoms with Gasteiger partial charge in [0.2, 0.25) is 0 Å². The van der Waals surface area contributed by atoms with Crippen molar-refractivity contribution in [1.29, 1.82) is 0 Å². The maximum absolute atomic E-state index is 14.7. The summed E-state index contributed by atoms with van der Waals surface area (Å²) in [5, 5.41) is 0. The lowest BCUT2D eigenvalue weighted by Crippen LogP contribution is -2.16. The molecule has 2 aromatic rings. The van der Waals surface area contributed by atoms with Crippen LogP contribution < -0.4 is 0 Å². The Morgan fingerprint density at radius 3 is 1.93 bits per heavy atom. The average molecular weight is 424 g/mol. The van der Waals surface area contributed by atoms with Crippen LogP contribution in [0.1, 0.15) is 69.4 Å². The Balaban J connectivity index is 1.64. The lowest BCUT2D eigenvalue weighted by molar-refractivity contribution is -0.137. The Morgan fingerprint density at radius 1 is 0.833 bits per heavy atom. The minimum Gasteiger partial charge on any atom is -0.206 e. The van der Waals surface area contributed by atoms with Crippen molar-refractivity contribution in [3.8, 4) is 11.1 Å². The summed E-state index contributed by atoms with van der Waals surface area (Å²) in [5.74, 6) is -0.234. The highest BCUT2D eigenvalue weighted by Gasteiger charge is 2.30. The molecule has 0 heterocycles. The maximum Gasteiger partial charge on any atom is 0.416 e. The van der Waals surface area contributed by atoms with E-state index in [1.54, 1.807) is 0 Å². The largest absolute Gasteiger partial charge is 0.416 e. The molecule has 164 valence electrons. The second-order valence-electron chi connectivity index (χ2n) is 8.60. The summed E-state index contributed by atoms with van der Waals surface area (Å²) in [6.07, 6.45) is 5.78. The van der Waals surface area contributed by atoms with Crippen LogP contribution in [0, 0.1) is 23.5 Å². The highest BCUT2D eigenvalue weighted by atomic mass is 19.4. The molecule has 0 N–H and O–H groups in total. The van der Waals surface area contributed by atoms with Gasteiger partial charge in [-0.2, -0.15) is 13.2 Å². The topological polar surface area (TPSA) is 0 Å². The zero-order valence-electron chi connectivity index (χ0n) is 17.4. The molecule has 1 aliphatic rings. The van der Waals surface area contributed by atoms with Gasteiger partial charge in [-0.25, -0.2) is 8.78 Å². The second kappa shape index (κ2) is 9.93. The lowest BCUT2D eigenvalue weighted by atomic mass is 9.77. The van der Waals surface area contributed by atoms with Crippen molar-refractivity contribution in [3.05, 3.63) is 59.2 Å². The van der Waals surface area contributed by atoms with Crippen molar-refractivity contribution in [2.24, 2.45) is 11.8 Å². The van der Waals surface area contributed by atoms with Crippen LogP contribution in [0.5, 0.6) is 0 Å². The van der Waals surface area contributed by atoms with Gasteiger partial charge in [0, 0.05) is 0 Å². The number of unbranched alkanes of at least 4 members (excludes halogenated alkanes) is 2. The molecule has 0 saturated heterocycles. The second-order valence-corrected chi connectivity index (χ2v) is 8.60.